The van der Waals surface area contributed by atoms with E-state index in [0.29, 0.717) is 0 Å². The Bertz CT molecular complexity index is 1340. The van der Waals surface area contributed by atoms with Crippen molar-refractivity contribution < 1.29 is 17.0 Å². The van der Waals surface area contributed by atoms with Gasteiger partial charge >= 0.3 is 0 Å². The third kappa shape index (κ3) is 5.59. The molecule has 0 N–H and O–H groups in total. The van der Waals surface area contributed by atoms with Crippen molar-refractivity contribution in [3.63, 3.8) is 0 Å². The highest BCUT2D eigenvalue weighted by atomic mass is 79.9. The lowest BCUT2D eigenvalue weighted by atomic mass is 9.62. The van der Waals surface area contributed by atoms with Gasteiger partial charge in [-0.05, 0) is 108 Å². The largest absolute Gasteiger partial charge is 1.00 e. The number of hydrogen-bond acceptors (Lipinski definition) is 0. The van der Waals surface area contributed by atoms with Gasteiger partial charge in [-0.3, -0.25) is 0 Å². The summed E-state index contributed by atoms with van der Waals surface area (Å²) < 4.78 is 0. The van der Waals surface area contributed by atoms with Gasteiger partial charge in [0, 0.05) is 0 Å². The molecule has 0 unspecified atom stereocenters. The van der Waals surface area contributed by atoms with E-state index in [0.717, 1.165) is 6.16 Å². The molecule has 0 spiro atoms. The van der Waals surface area contributed by atoms with E-state index in [1.165, 1.54) is 51.0 Å². The van der Waals surface area contributed by atoms with Crippen molar-refractivity contribution in [3.8, 4) is 0 Å². The van der Waals surface area contributed by atoms with Crippen molar-refractivity contribution in [2.75, 3.05) is 6.16 Å². The quantitative estimate of drug-likeness (QED) is 0.249. The molecule has 0 atom stereocenters. The molecule has 0 radical (unpaired) electrons. The molecule has 0 fully saturated rings. The van der Waals surface area contributed by atoms with Gasteiger partial charge in [0.15, 0.2) is 0 Å². The summed E-state index contributed by atoms with van der Waals surface area (Å²) in [5.41, 5.74) is 7.72. The Balaban J connectivity index is 0.00000353. The van der Waals surface area contributed by atoms with Crippen LogP contribution in [-0.2, 0) is 10.8 Å². The summed E-state index contributed by atoms with van der Waals surface area (Å²) in [6.45, 7) is 14.3. The summed E-state index contributed by atoms with van der Waals surface area (Å²) >= 11 is 0. The fourth-order valence-electron chi connectivity index (χ4n) is 6.34. The third-order valence-corrected chi connectivity index (χ3v) is 13.2. The van der Waals surface area contributed by atoms with E-state index in [9.17, 15) is 0 Å². The summed E-state index contributed by atoms with van der Waals surface area (Å²) in [5.74, 6) is 0. The molecule has 5 rings (SSSR count). The first-order valence-electron chi connectivity index (χ1n) is 14.0. The van der Waals surface area contributed by atoms with Gasteiger partial charge in [0.25, 0.3) is 0 Å². The van der Waals surface area contributed by atoms with Crippen LogP contribution in [0, 0.1) is 6.92 Å². The number of benzene rings is 4. The highest BCUT2D eigenvalue weighted by Crippen LogP contribution is 2.56. The van der Waals surface area contributed by atoms with Crippen LogP contribution < -0.4 is 32.9 Å². The summed E-state index contributed by atoms with van der Waals surface area (Å²) in [7, 11) is -1.89. The third-order valence-electron chi connectivity index (χ3n) is 8.88. The summed E-state index contributed by atoms with van der Waals surface area (Å²) in [6.07, 6.45) is 6.03. The molecule has 2 heteroatoms. The summed E-state index contributed by atoms with van der Waals surface area (Å²) in [4.78, 5) is 0. The molecule has 0 saturated carbocycles. The van der Waals surface area contributed by atoms with Crippen LogP contribution in [0.1, 0.15) is 69.7 Å². The first-order valence-corrected chi connectivity index (χ1v) is 16.0. The molecule has 4 aromatic rings. The number of halogens is 1. The van der Waals surface area contributed by atoms with Gasteiger partial charge in [-0.15, -0.1) is 0 Å². The standard InChI is InChI=1S/C37H42P.BrH/c1-28(33-27-35-34(26-29(33)2)36(3,4)23-24-37(35,5)6)22-25-38(30-16-10-7-11-17-30,31-18-12-8-13-19-31)32-20-14-9-15-21-32;/h7-22,26-27H,23-25H2,1-6H3;1H/q+1;/p-1. The van der Waals surface area contributed by atoms with Gasteiger partial charge in [-0.2, -0.15) is 0 Å². The fraction of sp³-hybridized carbons (Fsp3) is 0.297. The van der Waals surface area contributed by atoms with Gasteiger partial charge in [0.05, 0.1) is 6.16 Å². The summed E-state index contributed by atoms with van der Waals surface area (Å²) in [5, 5.41) is 4.31. The van der Waals surface area contributed by atoms with E-state index in [1.807, 2.05) is 0 Å². The molecule has 1 aliphatic carbocycles. The predicted octanol–water partition coefficient (Wildman–Crippen LogP) is 5.75. The Morgan fingerprint density at radius 1 is 0.667 bits per heavy atom. The second-order valence-electron chi connectivity index (χ2n) is 12.4. The molecule has 1 aliphatic rings. The smallest absolute Gasteiger partial charge is 0.115 e. The van der Waals surface area contributed by atoms with Gasteiger partial charge in [0.2, 0.25) is 0 Å². The molecular formula is C37H42BrP. The Morgan fingerprint density at radius 3 is 1.46 bits per heavy atom. The second-order valence-corrected chi connectivity index (χ2v) is 15.9. The molecule has 202 valence electrons. The zero-order chi connectivity index (χ0) is 27.0. The molecule has 0 bridgehead atoms. The molecule has 0 aliphatic heterocycles. The molecule has 0 amide bonds. The fourth-order valence-corrected chi connectivity index (χ4v) is 10.5. The van der Waals surface area contributed by atoms with Crippen LogP contribution >= 0.6 is 7.26 Å². The molecular weight excluding hydrogens is 555 g/mol. The van der Waals surface area contributed by atoms with Crippen molar-refractivity contribution in [1.29, 1.82) is 0 Å². The minimum absolute atomic E-state index is 0. The van der Waals surface area contributed by atoms with E-state index in [-0.39, 0.29) is 27.8 Å². The van der Waals surface area contributed by atoms with Crippen LogP contribution in [0.15, 0.2) is 109 Å². The van der Waals surface area contributed by atoms with E-state index >= 15 is 0 Å². The topological polar surface area (TPSA) is 0 Å². The van der Waals surface area contributed by atoms with Gasteiger partial charge in [-0.25, -0.2) is 0 Å². The zero-order valence-electron chi connectivity index (χ0n) is 24.3. The monoisotopic (exact) mass is 596 g/mol. The first kappa shape index (κ1) is 29.5. The molecule has 4 aromatic carbocycles. The Labute approximate surface area is 247 Å². The Morgan fingerprint density at radius 2 is 1.05 bits per heavy atom. The van der Waals surface area contributed by atoms with E-state index in [1.54, 1.807) is 5.56 Å². The maximum atomic E-state index is 2.54. The van der Waals surface area contributed by atoms with E-state index in [4.69, 9.17) is 0 Å². The van der Waals surface area contributed by atoms with Crippen LogP contribution in [0.2, 0.25) is 0 Å². The molecule has 39 heavy (non-hydrogen) atoms. The van der Waals surface area contributed by atoms with Gasteiger partial charge < -0.3 is 17.0 Å². The van der Waals surface area contributed by atoms with Crippen molar-refractivity contribution in [1.82, 2.24) is 0 Å². The van der Waals surface area contributed by atoms with Crippen LogP contribution in [0.3, 0.4) is 0 Å². The molecule has 0 nitrogen and oxygen atoms in total. The van der Waals surface area contributed by atoms with Crippen molar-refractivity contribution in [2.45, 2.75) is 65.2 Å². The van der Waals surface area contributed by atoms with Gasteiger partial charge in [-0.1, -0.05) is 94.4 Å². The van der Waals surface area contributed by atoms with Gasteiger partial charge in [0.1, 0.15) is 23.2 Å². The number of fused-ring (bicyclic) bond motifs is 1. The highest BCUT2D eigenvalue weighted by Gasteiger charge is 2.44. The van der Waals surface area contributed by atoms with Crippen LogP contribution in [0.4, 0.5) is 0 Å². The SMILES string of the molecule is CC(=CC[P+](c1ccccc1)(c1ccccc1)c1ccccc1)c1cc2c(cc1C)C(C)(C)CCC2(C)C.[Br-]. The minimum atomic E-state index is -1.89. The number of allylic oxidation sites excluding steroid dienone is 2. The average Bonchev–Trinajstić information content (AvgIpc) is 2.93. The molecule has 0 heterocycles. The predicted molar refractivity (Wildman–Crippen MR) is 170 cm³/mol. The normalized spacial score (nSPS) is 16.2. The molecule has 0 saturated heterocycles. The summed E-state index contributed by atoms with van der Waals surface area (Å²) in [6, 6.07) is 38.7. The first-order chi connectivity index (χ1) is 18.1. The highest BCUT2D eigenvalue weighted by molar-refractivity contribution is 7.95. The van der Waals surface area contributed by atoms with Crippen LogP contribution in [0.5, 0.6) is 0 Å². The molecule has 0 aromatic heterocycles. The number of hydrogen-bond donors (Lipinski definition) is 0. The van der Waals surface area contributed by atoms with E-state index < -0.39 is 7.26 Å². The van der Waals surface area contributed by atoms with Crippen molar-refractivity contribution >= 4 is 28.7 Å². The number of rotatable bonds is 6. The van der Waals surface area contributed by atoms with Crippen molar-refractivity contribution in [2.24, 2.45) is 0 Å². The van der Waals surface area contributed by atoms with E-state index in [2.05, 4.69) is 151 Å². The maximum Gasteiger partial charge on any atom is 0.115 e. The maximum absolute atomic E-state index is 2.54. The lowest BCUT2D eigenvalue weighted by Crippen LogP contribution is -3.00. The number of aryl methyl sites for hydroxylation is 1. The average molecular weight is 598 g/mol. The lowest BCUT2D eigenvalue weighted by molar-refractivity contribution is -0.00000817. The van der Waals surface area contributed by atoms with Crippen LogP contribution in [-0.4, -0.2) is 6.16 Å². The minimum Gasteiger partial charge on any atom is -1.00 e. The zero-order valence-corrected chi connectivity index (χ0v) is 26.8. The van der Waals surface area contributed by atoms with Crippen molar-refractivity contribution in [3.05, 3.63) is 131 Å². The second kappa shape index (κ2) is 11.6. The Hall–Kier alpha value is -2.47. The lowest BCUT2D eigenvalue weighted by Gasteiger charge is -2.42. The Kier molecular flexibility index (Phi) is 8.75. The van der Waals surface area contributed by atoms with Crippen LogP contribution in [0.25, 0.3) is 5.57 Å².